The zero-order chi connectivity index (χ0) is 16.0. The molecule has 0 radical (unpaired) electrons. The quantitative estimate of drug-likeness (QED) is 0.782. The highest BCUT2D eigenvalue weighted by atomic mass is 35.5. The predicted octanol–water partition coefficient (Wildman–Crippen LogP) is 2.08. The minimum absolute atomic E-state index is 0.260. The van der Waals surface area contributed by atoms with E-state index in [4.69, 9.17) is 21.6 Å². The van der Waals surface area contributed by atoms with Crippen LogP contribution >= 0.6 is 11.6 Å². The molecule has 1 unspecified atom stereocenters. The van der Waals surface area contributed by atoms with Gasteiger partial charge in [-0.25, -0.2) is 9.69 Å². The Morgan fingerprint density at radius 3 is 2.77 bits per heavy atom. The summed E-state index contributed by atoms with van der Waals surface area (Å²) in [6, 6.07) is 4.14. The molecule has 0 N–H and O–H groups in total. The van der Waals surface area contributed by atoms with Crippen molar-refractivity contribution in [2.45, 2.75) is 25.5 Å². The molecule has 2 aliphatic rings. The molecule has 22 heavy (non-hydrogen) atoms. The van der Waals surface area contributed by atoms with Crippen molar-refractivity contribution in [1.29, 1.82) is 5.26 Å². The van der Waals surface area contributed by atoms with Crippen molar-refractivity contribution in [3.05, 3.63) is 28.3 Å². The third-order valence-corrected chi connectivity index (χ3v) is 4.76. The van der Waals surface area contributed by atoms with Crippen LogP contribution in [0.15, 0.2) is 12.1 Å². The van der Waals surface area contributed by atoms with E-state index >= 15 is 0 Å². The van der Waals surface area contributed by atoms with Gasteiger partial charge in [0, 0.05) is 13.7 Å². The van der Waals surface area contributed by atoms with Crippen LogP contribution in [0.25, 0.3) is 0 Å². The molecule has 6 nitrogen and oxygen atoms in total. The molecular formula is C15H14ClN3O3. The lowest BCUT2D eigenvalue weighted by Gasteiger charge is -2.19. The van der Waals surface area contributed by atoms with Gasteiger partial charge in [-0.1, -0.05) is 11.6 Å². The number of rotatable bonds is 2. The van der Waals surface area contributed by atoms with Gasteiger partial charge in [-0.05, 0) is 31.0 Å². The molecule has 0 aliphatic carbocycles. The average molecular weight is 320 g/mol. The minimum Gasteiger partial charge on any atom is -0.379 e. The van der Waals surface area contributed by atoms with Gasteiger partial charge in [0.15, 0.2) is 0 Å². The van der Waals surface area contributed by atoms with Gasteiger partial charge >= 0.3 is 6.03 Å². The van der Waals surface area contributed by atoms with Gasteiger partial charge in [0.1, 0.15) is 12.1 Å². The summed E-state index contributed by atoms with van der Waals surface area (Å²) in [7, 11) is 1.54. The molecule has 7 heteroatoms. The van der Waals surface area contributed by atoms with Crippen LogP contribution in [0.2, 0.25) is 5.02 Å². The second-order valence-electron chi connectivity index (χ2n) is 5.34. The van der Waals surface area contributed by atoms with Gasteiger partial charge in [0.05, 0.1) is 22.4 Å². The zero-order valence-electron chi connectivity index (χ0n) is 12.2. The van der Waals surface area contributed by atoms with Crippen molar-refractivity contribution < 1.29 is 14.3 Å². The first-order valence-corrected chi connectivity index (χ1v) is 7.25. The number of hydrogen-bond acceptors (Lipinski definition) is 4. The van der Waals surface area contributed by atoms with Crippen LogP contribution in [0.3, 0.4) is 0 Å². The summed E-state index contributed by atoms with van der Waals surface area (Å²) in [5.41, 5.74) is 1.28. The van der Waals surface area contributed by atoms with Crippen molar-refractivity contribution in [3.8, 4) is 6.07 Å². The highest BCUT2D eigenvalue weighted by molar-refractivity contribution is 6.33. The molecule has 3 amide bonds. The summed E-state index contributed by atoms with van der Waals surface area (Å²) < 4.78 is 5.31. The number of carbonyl (C=O) groups excluding carboxylic acids is 2. The van der Waals surface area contributed by atoms with E-state index in [-0.39, 0.29) is 23.1 Å². The molecule has 1 aromatic carbocycles. The third kappa shape index (κ3) is 1.90. The van der Waals surface area contributed by atoms with Crippen molar-refractivity contribution in [2.75, 3.05) is 18.6 Å². The predicted molar refractivity (Wildman–Crippen MR) is 79.7 cm³/mol. The Balaban J connectivity index is 2.04. The van der Waals surface area contributed by atoms with E-state index in [1.807, 2.05) is 6.07 Å². The lowest BCUT2D eigenvalue weighted by Crippen LogP contribution is -2.37. The Morgan fingerprint density at radius 2 is 2.14 bits per heavy atom. The molecule has 0 bridgehead atoms. The molecule has 2 fully saturated rings. The number of methoxy groups -OCH3 is 1. The number of amides is 3. The Morgan fingerprint density at radius 1 is 1.41 bits per heavy atom. The minimum atomic E-state index is -0.577. The van der Waals surface area contributed by atoms with Gasteiger partial charge < -0.3 is 9.64 Å². The summed E-state index contributed by atoms with van der Waals surface area (Å²) in [5.74, 6) is -0.307. The summed E-state index contributed by atoms with van der Waals surface area (Å²) in [5, 5.41) is 9.25. The Kier molecular flexibility index (Phi) is 3.55. The van der Waals surface area contributed by atoms with E-state index in [0.29, 0.717) is 29.8 Å². The number of benzene rings is 1. The standard InChI is InChI=1S/C15H14ClN3O3/c1-8-10(4-3-9(7-17)12(8)16)19-14(20)13-11(22-2)5-6-18(13)15(19)21/h3-4,11,13H,5-6H2,1-2H3/t11?,13-/m0/s1. The highest BCUT2D eigenvalue weighted by Gasteiger charge is 2.53. The normalized spacial score (nSPS) is 23.9. The topological polar surface area (TPSA) is 73.6 Å². The fraction of sp³-hybridized carbons (Fsp3) is 0.400. The van der Waals surface area contributed by atoms with Crippen LogP contribution in [0, 0.1) is 18.3 Å². The van der Waals surface area contributed by atoms with Gasteiger partial charge in [0.2, 0.25) is 0 Å². The largest absolute Gasteiger partial charge is 0.379 e. The second-order valence-corrected chi connectivity index (χ2v) is 5.72. The second kappa shape index (κ2) is 5.27. The fourth-order valence-corrected chi connectivity index (χ4v) is 3.30. The van der Waals surface area contributed by atoms with E-state index < -0.39 is 6.04 Å². The number of hydrogen-bond donors (Lipinski definition) is 0. The first kappa shape index (κ1) is 14.8. The third-order valence-electron chi connectivity index (χ3n) is 4.27. The molecular weight excluding hydrogens is 306 g/mol. The highest BCUT2D eigenvalue weighted by Crippen LogP contribution is 2.36. The van der Waals surface area contributed by atoms with Gasteiger partial charge in [0.25, 0.3) is 5.91 Å². The maximum absolute atomic E-state index is 12.7. The summed E-state index contributed by atoms with van der Waals surface area (Å²) in [6.45, 7) is 2.18. The number of urea groups is 1. The summed E-state index contributed by atoms with van der Waals surface area (Å²) >= 11 is 6.14. The maximum Gasteiger partial charge on any atom is 0.332 e. The summed E-state index contributed by atoms with van der Waals surface area (Å²) in [6.07, 6.45) is 0.371. The van der Waals surface area contributed by atoms with E-state index in [1.165, 1.54) is 11.0 Å². The molecule has 114 valence electrons. The number of anilines is 1. The molecule has 0 aromatic heterocycles. The Hall–Kier alpha value is -2.10. The van der Waals surface area contributed by atoms with E-state index in [2.05, 4.69) is 0 Å². The molecule has 1 aromatic rings. The van der Waals surface area contributed by atoms with Gasteiger partial charge in [-0.2, -0.15) is 5.26 Å². The Labute approximate surface area is 132 Å². The smallest absolute Gasteiger partial charge is 0.332 e. The molecule has 0 saturated carbocycles. The number of ether oxygens (including phenoxy) is 1. The van der Waals surface area contributed by atoms with Crippen molar-refractivity contribution in [3.63, 3.8) is 0 Å². The number of halogens is 1. The molecule has 2 heterocycles. The van der Waals surface area contributed by atoms with Crippen LogP contribution in [0.1, 0.15) is 17.5 Å². The van der Waals surface area contributed by atoms with E-state index in [1.54, 1.807) is 20.1 Å². The number of fused-ring (bicyclic) bond motifs is 1. The SMILES string of the molecule is COC1CCN2C(=O)N(c3ccc(C#N)c(Cl)c3C)C(=O)[C@H]12. The van der Waals surface area contributed by atoms with Crippen molar-refractivity contribution in [2.24, 2.45) is 0 Å². The lowest BCUT2D eigenvalue weighted by atomic mass is 10.1. The lowest BCUT2D eigenvalue weighted by molar-refractivity contribution is -0.121. The Bertz CT molecular complexity index is 713. The monoisotopic (exact) mass is 319 g/mol. The average Bonchev–Trinajstić information content (AvgIpc) is 3.04. The first-order chi connectivity index (χ1) is 10.5. The number of nitrogens with zero attached hydrogens (tertiary/aromatic N) is 3. The van der Waals surface area contributed by atoms with Crippen molar-refractivity contribution >= 4 is 29.2 Å². The molecule has 2 atom stereocenters. The molecule has 2 saturated heterocycles. The van der Waals surface area contributed by atoms with Crippen LogP contribution in [-0.2, 0) is 9.53 Å². The van der Waals surface area contributed by atoms with Crippen LogP contribution < -0.4 is 4.90 Å². The van der Waals surface area contributed by atoms with Gasteiger partial charge in [-0.3, -0.25) is 4.79 Å². The number of imide groups is 1. The molecule has 0 spiro atoms. The van der Waals surface area contributed by atoms with Crippen molar-refractivity contribution in [1.82, 2.24) is 4.90 Å². The van der Waals surface area contributed by atoms with Gasteiger partial charge in [-0.15, -0.1) is 0 Å². The maximum atomic E-state index is 12.7. The number of carbonyl (C=O) groups is 2. The first-order valence-electron chi connectivity index (χ1n) is 6.87. The summed E-state index contributed by atoms with van der Waals surface area (Å²) in [4.78, 5) is 27.9. The fourth-order valence-electron chi connectivity index (χ4n) is 3.10. The zero-order valence-corrected chi connectivity index (χ0v) is 12.9. The van der Waals surface area contributed by atoms with E-state index in [0.717, 1.165) is 4.90 Å². The van der Waals surface area contributed by atoms with E-state index in [9.17, 15) is 9.59 Å². The van der Waals surface area contributed by atoms with Crippen LogP contribution in [0.4, 0.5) is 10.5 Å². The molecule has 2 aliphatic heterocycles. The van der Waals surface area contributed by atoms with Crippen LogP contribution in [0.5, 0.6) is 0 Å². The number of nitriles is 1. The van der Waals surface area contributed by atoms with Crippen LogP contribution in [-0.4, -0.2) is 42.6 Å². The molecule has 3 rings (SSSR count).